The molecule has 3 atom stereocenters. The quantitative estimate of drug-likeness (QED) is 0.307. The number of anilines is 2. The van der Waals surface area contributed by atoms with Gasteiger partial charge >= 0.3 is 12.1 Å². The zero-order valence-electron chi connectivity index (χ0n) is 20.7. The maximum atomic E-state index is 12.9. The van der Waals surface area contributed by atoms with Gasteiger partial charge in [-0.1, -0.05) is 54.8 Å². The van der Waals surface area contributed by atoms with Crippen molar-refractivity contribution in [3.05, 3.63) is 70.6 Å². The van der Waals surface area contributed by atoms with Gasteiger partial charge in [-0.2, -0.15) is 0 Å². The molecule has 9 heteroatoms. The highest BCUT2D eigenvalue weighted by molar-refractivity contribution is 7.14. The number of hydrogen-bond donors (Lipinski definition) is 2. The average molecular weight is 541 g/mol. The Kier molecular flexibility index (Phi) is 8.84. The monoisotopic (exact) mass is 540 g/mol. The summed E-state index contributed by atoms with van der Waals surface area (Å²) in [7, 11) is 1.36. The van der Waals surface area contributed by atoms with E-state index < -0.39 is 24.0 Å². The number of rotatable bonds is 7. The van der Waals surface area contributed by atoms with Crippen LogP contribution in [-0.2, 0) is 19.1 Å². The number of esters is 1. The Hall–Kier alpha value is -3.36. The van der Waals surface area contributed by atoms with E-state index in [0.29, 0.717) is 29.2 Å². The molecule has 37 heavy (non-hydrogen) atoms. The van der Waals surface area contributed by atoms with Crippen molar-refractivity contribution in [2.45, 2.75) is 38.7 Å². The van der Waals surface area contributed by atoms with E-state index in [0.717, 1.165) is 28.8 Å². The Labute approximate surface area is 225 Å². The van der Waals surface area contributed by atoms with Gasteiger partial charge in [0.15, 0.2) is 0 Å². The molecule has 0 aliphatic heterocycles. The fourth-order valence-electron chi connectivity index (χ4n) is 4.62. The third kappa shape index (κ3) is 6.50. The Morgan fingerprint density at radius 2 is 1.68 bits per heavy atom. The summed E-state index contributed by atoms with van der Waals surface area (Å²) in [4.78, 5) is 38.4. The van der Waals surface area contributed by atoms with E-state index in [2.05, 4.69) is 10.6 Å². The zero-order valence-corrected chi connectivity index (χ0v) is 22.2. The Bertz CT molecular complexity index is 1260. The summed E-state index contributed by atoms with van der Waals surface area (Å²) in [5.41, 5.74) is 2.88. The molecule has 1 heterocycles. The minimum absolute atomic E-state index is 0.170. The van der Waals surface area contributed by atoms with Crippen LogP contribution in [0.15, 0.2) is 60.0 Å². The largest absolute Gasteiger partial charge is 0.469 e. The highest BCUT2D eigenvalue weighted by Gasteiger charge is 2.36. The van der Waals surface area contributed by atoms with Gasteiger partial charge in [0.25, 0.3) is 0 Å². The van der Waals surface area contributed by atoms with Crippen LogP contribution in [0, 0.1) is 11.8 Å². The molecule has 1 fully saturated rings. The number of hydrogen-bond acceptors (Lipinski definition) is 6. The van der Waals surface area contributed by atoms with Crippen LogP contribution in [-0.4, -0.2) is 25.1 Å². The zero-order chi connectivity index (χ0) is 26.4. The van der Waals surface area contributed by atoms with Crippen molar-refractivity contribution >= 4 is 52.3 Å². The van der Waals surface area contributed by atoms with Gasteiger partial charge in [-0.15, -0.1) is 11.3 Å². The van der Waals surface area contributed by atoms with Crippen molar-refractivity contribution in [2.75, 3.05) is 17.7 Å². The lowest BCUT2D eigenvalue weighted by Crippen LogP contribution is -2.36. The van der Waals surface area contributed by atoms with E-state index in [1.165, 1.54) is 18.4 Å². The third-order valence-corrected chi connectivity index (χ3v) is 7.86. The number of carbonyl (C=O) groups excluding carboxylic acids is 3. The second kappa shape index (κ2) is 12.3. The molecule has 2 amide bonds. The summed E-state index contributed by atoms with van der Waals surface area (Å²) in [6.07, 6.45) is 2.07. The van der Waals surface area contributed by atoms with E-state index in [1.807, 2.05) is 53.9 Å². The van der Waals surface area contributed by atoms with Gasteiger partial charge in [0.2, 0.25) is 5.91 Å². The third-order valence-electron chi connectivity index (χ3n) is 6.55. The molecular weight excluding hydrogens is 512 g/mol. The fourth-order valence-corrected chi connectivity index (χ4v) is 5.77. The van der Waals surface area contributed by atoms with Crippen molar-refractivity contribution in [1.29, 1.82) is 0 Å². The number of amides is 2. The van der Waals surface area contributed by atoms with Crippen molar-refractivity contribution in [3.63, 3.8) is 0 Å². The molecule has 194 valence electrons. The molecule has 1 saturated carbocycles. The van der Waals surface area contributed by atoms with Crippen LogP contribution in [0.3, 0.4) is 0 Å². The van der Waals surface area contributed by atoms with Crippen molar-refractivity contribution < 1.29 is 23.9 Å². The molecule has 3 aromatic rings. The standard InChI is InChI=1S/C28H29ClN2O5S/c1-17(20-7-5-6-10-23(20)29)36-28(34)31-24-15-16-37-25(24)18-11-13-19(14-12-18)30-26(32)21-8-3-4-9-22(21)27(33)35-2/h5-7,10-17,21-22H,3-4,8-9H2,1-2H3,(H,30,32)(H,31,34)/t17-,21+,22-/m1/s1. The van der Waals surface area contributed by atoms with Crippen LogP contribution in [0.1, 0.15) is 44.3 Å². The number of thiophene rings is 1. The van der Waals surface area contributed by atoms with Crippen molar-refractivity contribution in [2.24, 2.45) is 11.8 Å². The minimum atomic E-state index is -0.580. The average Bonchev–Trinajstić information content (AvgIpc) is 3.36. The van der Waals surface area contributed by atoms with Crippen LogP contribution in [0.2, 0.25) is 5.02 Å². The van der Waals surface area contributed by atoms with E-state index >= 15 is 0 Å². The molecule has 0 saturated heterocycles. The van der Waals surface area contributed by atoms with Crippen LogP contribution >= 0.6 is 22.9 Å². The molecule has 1 aliphatic rings. The number of benzene rings is 2. The number of halogens is 1. The Morgan fingerprint density at radius 3 is 2.38 bits per heavy atom. The first-order valence-electron chi connectivity index (χ1n) is 12.2. The molecule has 7 nitrogen and oxygen atoms in total. The van der Waals surface area contributed by atoms with Crippen LogP contribution in [0.5, 0.6) is 0 Å². The van der Waals surface area contributed by atoms with Gasteiger partial charge in [0.1, 0.15) is 6.10 Å². The second-order valence-corrected chi connectivity index (χ2v) is 10.3. The molecule has 1 aromatic heterocycles. The van der Waals surface area contributed by atoms with Gasteiger partial charge in [-0.25, -0.2) is 4.79 Å². The molecule has 4 rings (SSSR count). The van der Waals surface area contributed by atoms with E-state index in [9.17, 15) is 14.4 Å². The first-order chi connectivity index (χ1) is 17.9. The topological polar surface area (TPSA) is 93.7 Å². The van der Waals surface area contributed by atoms with Crippen LogP contribution in [0.25, 0.3) is 10.4 Å². The molecule has 0 bridgehead atoms. The van der Waals surface area contributed by atoms with Gasteiger partial charge in [0.05, 0.1) is 29.5 Å². The number of carbonyl (C=O) groups is 3. The van der Waals surface area contributed by atoms with Crippen LogP contribution in [0.4, 0.5) is 16.2 Å². The molecule has 0 spiro atoms. The summed E-state index contributed by atoms with van der Waals surface area (Å²) in [6.45, 7) is 1.77. The van der Waals surface area contributed by atoms with Crippen molar-refractivity contribution in [1.82, 2.24) is 0 Å². The molecule has 2 N–H and O–H groups in total. The molecule has 2 aromatic carbocycles. The minimum Gasteiger partial charge on any atom is -0.469 e. The fraction of sp³-hybridized carbons (Fsp3) is 0.321. The Morgan fingerprint density at radius 1 is 0.973 bits per heavy atom. The number of nitrogens with one attached hydrogen (secondary N) is 2. The smallest absolute Gasteiger partial charge is 0.412 e. The van der Waals surface area contributed by atoms with E-state index in [1.54, 1.807) is 13.0 Å². The SMILES string of the molecule is COC(=O)[C@@H]1CCCC[C@@H]1C(=O)Nc1ccc(-c2sccc2NC(=O)O[C@H](C)c2ccccc2Cl)cc1. The normalized spacial score (nSPS) is 17.9. The number of methoxy groups -OCH3 is 1. The summed E-state index contributed by atoms with van der Waals surface area (Å²) < 4.78 is 10.4. The molecule has 1 aliphatic carbocycles. The van der Waals surface area contributed by atoms with E-state index in [-0.39, 0.29) is 11.9 Å². The lowest BCUT2D eigenvalue weighted by Gasteiger charge is -2.28. The predicted molar refractivity (Wildman–Crippen MR) is 146 cm³/mol. The lowest BCUT2D eigenvalue weighted by molar-refractivity contribution is -0.151. The summed E-state index contributed by atoms with van der Waals surface area (Å²) in [6, 6.07) is 16.4. The summed E-state index contributed by atoms with van der Waals surface area (Å²) in [5.74, 6) is -1.30. The highest BCUT2D eigenvalue weighted by atomic mass is 35.5. The summed E-state index contributed by atoms with van der Waals surface area (Å²) in [5, 5.41) is 8.17. The van der Waals surface area contributed by atoms with Gasteiger partial charge < -0.3 is 14.8 Å². The first-order valence-corrected chi connectivity index (χ1v) is 13.4. The first kappa shape index (κ1) is 26.7. The van der Waals surface area contributed by atoms with Gasteiger partial charge in [0, 0.05) is 16.3 Å². The lowest BCUT2D eigenvalue weighted by atomic mass is 9.78. The van der Waals surface area contributed by atoms with E-state index in [4.69, 9.17) is 21.1 Å². The van der Waals surface area contributed by atoms with Gasteiger partial charge in [-0.3, -0.25) is 14.9 Å². The van der Waals surface area contributed by atoms with Crippen molar-refractivity contribution in [3.8, 4) is 10.4 Å². The molecular formula is C28H29ClN2O5S. The molecule has 0 unspecified atom stereocenters. The predicted octanol–water partition coefficient (Wildman–Crippen LogP) is 7.30. The van der Waals surface area contributed by atoms with Crippen LogP contribution < -0.4 is 10.6 Å². The Balaban J connectivity index is 1.39. The number of ether oxygens (including phenoxy) is 2. The maximum absolute atomic E-state index is 12.9. The second-order valence-electron chi connectivity index (χ2n) is 8.94. The molecule has 0 radical (unpaired) electrons. The maximum Gasteiger partial charge on any atom is 0.412 e. The summed E-state index contributed by atoms with van der Waals surface area (Å²) >= 11 is 7.69. The highest BCUT2D eigenvalue weighted by Crippen LogP contribution is 2.36. The van der Waals surface area contributed by atoms with Gasteiger partial charge in [-0.05, 0) is 55.0 Å².